The number of amides is 2. The van der Waals surface area contributed by atoms with Crippen LogP contribution in [0, 0.1) is 11.8 Å². The van der Waals surface area contributed by atoms with Gasteiger partial charge in [0.2, 0.25) is 11.8 Å². The van der Waals surface area contributed by atoms with Crippen molar-refractivity contribution in [2.75, 3.05) is 40.5 Å². The second-order valence-electron chi connectivity index (χ2n) is 6.18. The molecule has 0 bridgehead atoms. The number of carbonyl (C=O) groups is 2. The van der Waals surface area contributed by atoms with E-state index in [1.54, 1.807) is 14.2 Å². The van der Waals surface area contributed by atoms with Crippen molar-refractivity contribution in [1.82, 2.24) is 9.80 Å². The molecule has 2 heterocycles. The number of likely N-dealkylation sites (tertiary alicyclic amines) is 2. The minimum Gasteiger partial charge on any atom is -0.496 e. The van der Waals surface area contributed by atoms with Crippen molar-refractivity contribution in [3.05, 3.63) is 28.2 Å². The predicted molar refractivity (Wildman–Crippen MR) is 91.5 cm³/mol. The molecule has 0 N–H and O–H groups in total. The Labute approximate surface area is 149 Å². The van der Waals surface area contributed by atoms with E-state index in [0.29, 0.717) is 32.8 Å². The molecule has 2 atom stereocenters. The monoisotopic (exact) mass is 396 g/mol. The molecule has 2 aliphatic rings. The number of benzene rings is 1. The Hall–Kier alpha value is -1.44. The summed E-state index contributed by atoms with van der Waals surface area (Å²) in [6, 6.07) is 5.86. The molecule has 130 valence electrons. The topological polar surface area (TPSA) is 59.1 Å². The number of carbonyl (C=O) groups excluding carboxylic acids is 2. The maximum absolute atomic E-state index is 12.5. The Balaban J connectivity index is 1.69. The molecule has 0 radical (unpaired) electrons. The molecule has 0 spiro atoms. The zero-order valence-corrected chi connectivity index (χ0v) is 15.4. The van der Waals surface area contributed by atoms with Gasteiger partial charge in [-0.25, -0.2) is 0 Å². The molecule has 3 rings (SSSR count). The van der Waals surface area contributed by atoms with E-state index in [1.165, 1.54) is 4.90 Å². The number of methoxy groups -OCH3 is 2. The van der Waals surface area contributed by atoms with E-state index in [9.17, 15) is 9.59 Å². The molecule has 2 unspecified atom stereocenters. The molecular formula is C17H21BrN2O4. The van der Waals surface area contributed by atoms with E-state index in [4.69, 9.17) is 9.47 Å². The van der Waals surface area contributed by atoms with Crippen LogP contribution in [0.3, 0.4) is 0 Å². The predicted octanol–water partition coefficient (Wildman–Crippen LogP) is 1.52. The zero-order valence-electron chi connectivity index (χ0n) is 13.8. The van der Waals surface area contributed by atoms with Crippen molar-refractivity contribution in [3.63, 3.8) is 0 Å². The maximum Gasteiger partial charge on any atom is 0.234 e. The summed E-state index contributed by atoms with van der Waals surface area (Å²) >= 11 is 3.47. The van der Waals surface area contributed by atoms with Crippen LogP contribution in [0.1, 0.15) is 5.56 Å². The Morgan fingerprint density at radius 3 is 2.42 bits per heavy atom. The van der Waals surface area contributed by atoms with Crippen molar-refractivity contribution in [2.45, 2.75) is 6.54 Å². The third-order valence-corrected chi connectivity index (χ3v) is 5.21. The van der Waals surface area contributed by atoms with Gasteiger partial charge in [0.1, 0.15) is 5.75 Å². The van der Waals surface area contributed by atoms with Gasteiger partial charge in [-0.3, -0.25) is 19.4 Å². The van der Waals surface area contributed by atoms with Crippen LogP contribution in [0.15, 0.2) is 22.7 Å². The SMILES string of the molecule is COCCN1C(=O)C2CN(Cc3cc(Br)ccc3OC)CC2C1=O. The fraction of sp³-hybridized carbons (Fsp3) is 0.529. The van der Waals surface area contributed by atoms with Crippen molar-refractivity contribution in [3.8, 4) is 5.75 Å². The minimum atomic E-state index is -0.229. The molecule has 0 aliphatic carbocycles. The third kappa shape index (κ3) is 3.20. The molecule has 2 amide bonds. The largest absolute Gasteiger partial charge is 0.496 e. The fourth-order valence-electron chi connectivity index (χ4n) is 3.54. The standard InChI is InChI=1S/C17H21BrN2O4/c1-23-6-5-20-16(21)13-9-19(10-14(13)17(20)22)8-11-7-12(18)3-4-15(11)24-2/h3-4,7,13-14H,5-6,8-10H2,1-2H3. The summed E-state index contributed by atoms with van der Waals surface area (Å²) in [6.07, 6.45) is 0. The highest BCUT2D eigenvalue weighted by Crippen LogP contribution is 2.35. The number of hydrogen-bond donors (Lipinski definition) is 0. The number of hydrogen-bond acceptors (Lipinski definition) is 5. The van der Waals surface area contributed by atoms with Crippen LogP contribution < -0.4 is 4.74 Å². The van der Waals surface area contributed by atoms with E-state index < -0.39 is 0 Å². The lowest BCUT2D eigenvalue weighted by Gasteiger charge is -2.21. The Bertz CT molecular complexity index is 627. The van der Waals surface area contributed by atoms with Crippen molar-refractivity contribution in [2.24, 2.45) is 11.8 Å². The number of ether oxygens (including phenoxy) is 2. The lowest BCUT2D eigenvalue weighted by Crippen LogP contribution is -2.37. The fourth-order valence-corrected chi connectivity index (χ4v) is 3.95. The smallest absolute Gasteiger partial charge is 0.234 e. The molecule has 0 aromatic heterocycles. The average Bonchev–Trinajstić information content (AvgIpc) is 3.06. The maximum atomic E-state index is 12.5. The molecule has 1 aromatic rings. The number of rotatable bonds is 6. The van der Waals surface area contributed by atoms with E-state index in [1.807, 2.05) is 18.2 Å². The summed E-state index contributed by atoms with van der Waals surface area (Å²) in [4.78, 5) is 28.5. The summed E-state index contributed by atoms with van der Waals surface area (Å²) in [5.41, 5.74) is 1.04. The van der Waals surface area contributed by atoms with Gasteiger partial charge in [0, 0.05) is 36.8 Å². The number of fused-ring (bicyclic) bond motifs is 1. The molecule has 7 heteroatoms. The normalized spacial score (nSPS) is 23.9. The number of nitrogens with zero attached hydrogens (tertiary/aromatic N) is 2. The highest BCUT2D eigenvalue weighted by Gasteiger charge is 2.51. The summed E-state index contributed by atoms with van der Waals surface area (Å²) in [7, 11) is 3.21. The van der Waals surface area contributed by atoms with Gasteiger partial charge in [0.15, 0.2) is 0 Å². The highest BCUT2D eigenvalue weighted by atomic mass is 79.9. The van der Waals surface area contributed by atoms with E-state index in [2.05, 4.69) is 20.8 Å². The van der Waals surface area contributed by atoms with Crippen LogP contribution in [0.5, 0.6) is 5.75 Å². The van der Waals surface area contributed by atoms with Gasteiger partial charge < -0.3 is 9.47 Å². The van der Waals surface area contributed by atoms with Gasteiger partial charge in [-0.2, -0.15) is 0 Å². The molecule has 0 saturated carbocycles. The molecule has 6 nitrogen and oxygen atoms in total. The number of imide groups is 1. The van der Waals surface area contributed by atoms with Crippen molar-refractivity contribution >= 4 is 27.7 Å². The Morgan fingerprint density at radius 1 is 1.17 bits per heavy atom. The van der Waals surface area contributed by atoms with Gasteiger partial charge >= 0.3 is 0 Å². The van der Waals surface area contributed by atoms with Crippen molar-refractivity contribution < 1.29 is 19.1 Å². The lowest BCUT2D eigenvalue weighted by atomic mass is 10.00. The first kappa shape index (κ1) is 17.4. The first-order chi connectivity index (χ1) is 11.5. The summed E-state index contributed by atoms with van der Waals surface area (Å²) in [5.74, 6) is 0.228. The summed E-state index contributed by atoms with van der Waals surface area (Å²) in [5, 5.41) is 0. The highest BCUT2D eigenvalue weighted by molar-refractivity contribution is 9.10. The second kappa shape index (κ2) is 7.21. The van der Waals surface area contributed by atoms with Gasteiger partial charge in [-0.1, -0.05) is 15.9 Å². The summed E-state index contributed by atoms with van der Waals surface area (Å²) in [6.45, 7) is 2.60. The van der Waals surface area contributed by atoms with Gasteiger partial charge in [-0.05, 0) is 18.2 Å². The minimum absolute atomic E-state index is 0.0641. The van der Waals surface area contributed by atoms with Crippen LogP contribution >= 0.6 is 15.9 Å². The quantitative estimate of drug-likeness (QED) is 0.682. The van der Waals surface area contributed by atoms with Gasteiger partial charge in [0.05, 0.1) is 32.1 Å². The first-order valence-electron chi connectivity index (χ1n) is 7.94. The van der Waals surface area contributed by atoms with Crippen LogP contribution in [0.2, 0.25) is 0 Å². The average molecular weight is 397 g/mol. The van der Waals surface area contributed by atoms with Crippen molar-refractivity contribution in [1.29, 1.82) is 0 Å². The Morgan fingerprint density at radius 2 is 1.83 bits per heavy atom. The summed E-state index contributed by atoms with van der Waals surface area (Å²) < 4.78 is 11.4. The number of halogens is 1. The van der Waals surface area contributed by atoms with E-state index in [0.717, 1.165) is 15.8 Å². The Kier molecular flexibility index (Phi) is 5.22. The second-order valence-corrected chi connectivity index (χ2v) is 7.10. The van der Waals surface area contributed by atoms with E-state index in [-0.39, 0.29) is 23.7 Å². The molecule has 1 aromatic carbocycles. The molecule has 2 saturated heterocycles. The van der Waals surface area contributed by atoms with Gasteiger partial charge in [0.25, 0.3) is 0 Å². The first-order valence-corrected chi connectivity index (χ1v) is 8.73. The van der Waals surface area contributed by atoms with Crippen LogP contribution in [-0.4, -0.2) is 62.1 Å². The molecule has 2 aliphatic heterocycles. The lowest BCUT2D eigenvalue weighted by molar-refractivity contribution is -0.141. The molecule has 24 heavy (non-hydrogen) atoms. The zero-order chi connectivity index (χ0) is 17.3. The third-order valence-electron chi connectivity index (χ3n) is 4.72. The van der Waals surface area contributed by atoms with E-state index >= 15 is 0 Å². The molecular weight excluding hydrogens is 376 g/mol. The van der Waals surface area contributed by atoms with Crippen LogP contribution in [-0.2, 0) is 20.9 Å². The van der Waals surface area contributed by atoms with Gasteiger partial charge in [-0.15, -0.1) is 0 Å². The molecule has 2 fully saturated rings. The van der Waals surface area contributed by atoms with Crippen LogP contribution in [0.25, 0.3) is 0 Å². The van der Waals surface area contributed by atoms with Crippen LogP contribution in [0.4, 0.5) is 0 Å².